The van der Waals surface area contributed by atoms with E-state index in [1.807, 2.05) is 37.3 Å². The zero-order valence-electron chi connectivity index (χ0n) is 13.1. The average molecular weight is 315 g/mol. The summed E-state index contributed by atoms with van der Waals surface area (Å²) in [4.78, 5) is 12.7. The summed E-state index contributed by atoms with van der Waals surface area (Å²) >= 11 is 0. The van der Waals surface area contributed by atoms with Gasteiger partial charge in [-0.2, -0.15) is 0 Å². The molecule has 0 radical (unpaired) electrons. The van der Waals surface area contributed by atoms with Crippen molar-refractivity contribution >= 4 is 5.91 Å². The third-order valence-corrected chi connectivity index (χ3v) is 4.15. The van der Waals surface area contributed by atoms with Gasteiger partial charge >= 0.3 is 0 Å². The number of carbonyl (C=O) groups excluding carboxylic acids is 1. The predicted octanol–water partition coefficient (Wildman–Crippen LogP) is 1.14. The standard InChI is InChI=1S/C16H21N5O2/c1-12(15-8-5-9-23-15)18-16(22)14(21-11-17-19-20-21)10-13-6-3-2-4-7-13/h2-4,6-7,11-12,14-15H,5,8-10H2,1H3,(H,18,22). The van der Waals surface area contributed by atoms with Crippen LogP contribution in [0.5, 0.6) is 0 Å². The van der Waals surface area contributed by atoms with Gasteiger partial charge in [0.2, 0.25) is 5.91 Å². The first-order chi connectivity index (χ1) is 11.2. The molecule has 2 heterocycles. The van der Waals surface area contributed by atoms with Crippen LogP contribution >= 0.6 is 0 Å². The molecule has 3 rings (SSSR count). The first-order valence-corrected chi connectivity index (χ1v) is 7.92. The lowest BCUT2D eigenvalue weighted by atomic mass is 10.0. The van der Waals surface area contributed by atoms with Crippen molar-refractivity contribution in [1.29, 1.82) is 0 Å². The second kappa shape index (κ2) is 7.32. The molecule has 0 bridgehead atoms. The van der Waals surface area contributed by atoms with Gasteiger partial charge in [0.1, 0.15) is 12.4 Å². The number of hydrogen-bond donors (Lipinski definition) is 1. The molecule has 1 aromatic carbocycles. The van der Waals surface area contributed by atoms with E-state index in [9.17, 15) is 4.79 Å². The van der Waals surface area contributed by atoms with Crippen LogP contribution in [0.25, 0.3) is 0 Å². The lowest BCUT2D eigenvalue weighted by Crippen LogP contribution is -2.44. The molecule has 1 aromatic heterocycles. The minimum atomic E-state index is -0.476. The number of hydrogen-bond acceptors (Lipinski definition) is 5. The van der Waals surface area contributed by atoms with Crippen LogP contribution in [0.2, 0.25) is 0 Å². The van der Waals surface area contributed by atoms with Crippen molar-refractivity contribution in [3.05, 3.63) is 42.2 Å². The minimum Gasteiger partial charge on any atom is -0.376 e. The van der Waals surface area contributed by atoms with Crippen LogP contribution in [0.1, 0.15) is 31.4 Å². The van der Waals surface area contributed by atoms with Gasteiger partial charge < -0.3 is 10.1 Å². The molecule has 1 saturated heterocycles. The van der Waals surface area contributed by atoms with Crippen LogP contribution < -0.4 is 5.32 Å². The molecule has 7 heteroatoms. The Morgan fingerprint density at radius 3 is 2.91 bits per heavy atom. The Balaban J connectivity index is 1.71. The van der Waals surface area contributed by atoms with Crippen LogP contribution in [0.15, 0.2) is 36.7 Å². The Morgan fingerprint density at radius 2 is 2.26 bits per heavy atom. The van der Waals surface area contributed by atoms with Gasteiger partial charge in [0.05, 0.1) is 12.1 Å². The van der Waals surface area contributed by atoms with Crippen LogP contribution in [0.3, 0.4) is 0 Å². The van der Waals surface area contributed by atoms with Crippen molar-refractivity contribution in [1.82, 2.24) is 25.5 Å². The first kappa shape index (κ1) is 15.6. The monoisotopic (exact) mass is 315 g/mol. The maximum absolute atomic E-state index is 12.7. The lowest BCUT2D eigenvalue weighted by Gasteiger charge is -2.23. The maximum Gasteiger partial charge on any atom is 0.245 e. The summed E-state index contributed by atoms with van der Waals surface area (Å²) in [7, 11) is 0. The average Bonchev–Trinajstić information content (AvgIpc) is 3.26. The van der Waals surface area contributed by atoms with Gasteiger partial charge in [-0.1, -0.05) is 30.3 Å². The van der Waals surface area contributed by atoms with Gasteiger partial charge in [-0.25, -0.2) is 4.68 Å². The molecular weight excluding hydrogens is 294 g/mol. The Hall–Kier alpha value is -2.28. The molecule has 2 aromatic rings. The van der Waals surface area contributed by atoms with Crippen molar-refractivity contribution in [2.24, 2.45) is 0 Å². The van der Waals surface area contributed by atoms with Crippen LogP contribution in [-0.2, 0) is 16.0 Å². The summed E-state index contributed by atoms with van der Waals surface area (Å²) in [6, 6.07) is 9.35. The number of ether oxygens (including phenoxy) is 1. The Morgan fingerprint density at radius 1 is 1.43 bits per heavy atom. The highest BCUT2D eigenvalue weighted by atomic mass is 16.5. The van der Waals surface area contributed by atoms with Crippen molar-refractivity contribution in [3.63, 3.8) is 0 Å². The van der Waals surface area contributed by atoms with Gasteiger partial charge in [0.15, 0.2) is 0 Å². The highest BCUT2D eigenvalue weighted by Gasteiger charge is 2.28. The number of tetrazole rings is 1. The molecule has 1 N–H and O–H groups in total. The Bertz CT molecular complexity index is 611. The van der Waals surface area contributed by atoms with Gasteiger partial charge in [-0.3, -0.25) is 4.79 Å². The molecule has 1 aliphatic heterocycles. The fourth-order valence-corrected chi connectivity index (χ4v) is 2.87. The third kappa shape index (κ3) is 3.92. The number of carbonyl (C=O) groups is 1. The summed E-state index contributed by atoms with van der Waals surface area (Å²) in [6.45, 7) is 2.75. The third-order valence-electron chi connectivity index (χ3n) is 4.15. The second-order valence-electron chi connectivity index (χ2n) is 5.84. The van der Waals surface area contributed by atoms with Gasteiger partial charge in [0, 0.05) is 13.0 Å². The fraction of sp³-hybridized carbons (Fsp3) is 0.500. The maximum atomic E-state index is 12.7. The minimum absolute atomic E-state index is 0.0280. The van der Waals surface area contributed by atoms with Crippen LogP contribution in [0.4, 0.5) is 0 Å². The van der Waals surface area contributed by atoms with Crippen molar-refractivity contribution in [2.75, 3.05) is 6.61 Å². The van der Waals surface area contributed by atoms with Crippen LogP contribution in [-0.4, -0.2) is 44.9 Å². The number of amides is 1. The zero-order valence-corrected chi connectivity index (χ0v) is 13.1. The zero-order chi connectivity index (χ0) is 16.1. The molecule has 0 saturated carbocycles. The summed E-state index contributed by atoms with van der Waals surface area (Å²) in [5.41, 5.74) is 1.06. The van der Waals surface area contributed by atoms with Crippen molar-refractivity contribution < 1.29 is 9.53 Å². The van der Waals surface area contributed by atoms with E-state index in [1.165, 1.54) is 11.0 Å². The normalized spacial score (nSPS) is 20.1. The number of nitrogens with zero attached hydrogens (tertiary/aromatic N) is 4. The smallest absolute Gasteiger partial charge is 0.245 e. The van der Waals surface area contributed by atoms with E-state index < -0.39 is 6.04 Å². The summed E-state index contributed by atoms with van der Waals surface area (Å²) in [5, 5.41) is 14.3. The molecule has 3 atom stereocenters. The van der Waals surface area contributed by atoms with Crippen molar-refractivity contribution in [3.8, 4) is 0 Å². The number of nitrogens with one attached hydrogen (secondary N) is 1. The summed E-state index contributed by atoms with van der Waals surface area (Å²) in [6.07, 6.45) is 4.13. The summed E-state index contributed by atoms with van der Waals surface area (Å²) in [5.74, 6) is -0.0934. The molecule has 0 aliphatic carbocycles. The van der Waals surface area contributed by atoms with E-state index in [0.29, 0.717) is 6.42 Å². The Labute approximate surface area is 135 Å². The topological polar surface area (TPSA) is 81.9 Å². The van der Waals surface area contributed by atoms with Crippen molar-refractivity contribution in [2.45, 2.75) is 44.4 Å². The van der Waals surface area contributed by atoms with E-state index in [0.717, 1.165) is 25.0 Å². The highest BCUT2D eigenvalue weighted by Crippen LogP contribution is 2.18. The molecule has 3 unspecified atom stereocenters. The number of rotatable bonds is 6. The predicted molar refractivity (Wildman–Crippen MR) is 83.6 cm³/mol. The number of aromatic nitrogens is 4. The quantitative estimate of drug-likeness (QED) is 0.864. The Kier molecular flexibility index (Phi) is 4.97. The lowest BCUT2D eigenvalue weighted by molar-refractivity contribution is -0.126. The van der Waals surface area contributed by atoms with E-state index in [-0.39, 0.29) is 18.1 Å². The van der Waals surface area contributed by atoms with Gasteiger partial charge in [-0.05, 0) is 35.8 Å². The molecule has 1 amide bonds. The highest BCUT2D eigenvalue weighted by molar-refractivity contribution is 5.80. The molecule has 7 nitrogen and oxygen atoms in total. The molecule has 0 spiro atoms. The molecule has 1 aliphatic rings. The largest absolute Gasteiger partial charge is 0.376 e. The second-order valence-corrected chi connectivity index (χ2v) is 5.84. The summed E-state index contributed by atoms with van der Waals surface area (Å²) < 4.78 is 7.15. The molecule has 23 heavy (non-hydrogen) atoms. The van der Waals surface area contributed by atoms with Gasteiger partial charge in [0.25, 0.3) is 0 Å². The van der Waals surface area contributed by atoms with Gasteiger partial charge in [-0.15, -0.1) is 5.10 Å². The first-order valence-electron chi connectivity index (χ1n) is 7.92. The number of benzene rings is 1. The molecule has 122 valence electrons. The molecule has 1 fully saturated rings. The van der Waals surface area contributed by atoms with E-state index in [1.54, 1.807) is 0 Å². The molecular formula is C16H21N5O2. The van der Waals surface area contributed by atoms with E-state index in [4.69, 9.17) is 4.74 Å². The van der Waals surface area contributed by atoms with Crippen LogP contribution in [0, 0.1) is 0 Å². The van der Waals surface area contributed by atoms with E-state index >= 15 is 0 Å². The van der Waals surface area contributed by atoms with E-state index in [2.05, 4.69) is 20.8 Å². The SMILES string of the molecule is CC(NC(=O)C(Cc1ccccc1)n1cnnn1)C1CCCO1. The fourth-order valence-electron chi connectivity index (χ4n) is 2.87.